The summed E-state index contributed by atoms with van der Waals surface area (Å²) in [5.74, 6) is 1.61. The lowest BCUT2D eigenvalue weighted by atomic mass is 10.1. The molecule has 0 atom stereocenters. The fraction of sp³-hybridized carbons (Fsp3) is 0.250. The Balaban J connectivity index is 2.38. The van der Waals surface area contributed by atoms with Gasteiger partial charge in [0.2, 0.25) is 0 Å². The maximum atomic E-state index is 5.56. The van der Waals surface area contributed by atoms with Gasteiger partial charge >= 0.3 is 0 Å². The van der Waals surface area contributed by atoms with Crippen LogP contribution in [0.25, 0.3) is 11.3 Å². The molecule has 0 amide bonds. The molecule has 84 valence electrons. The van der Waals surface area contributed by atoms with Crippen LogP contribution in [0, 0.1) is 6.92 Å². The van der Waals surface area contributed by atoms with Gasteiger partial charge < -0.3 is 14.5 Å². The van der Waals surface area contributed by atoms with Crippen molar-refractivity contribution in [3.05, 3.63) is 30.0 Å². The molecule has 0 radical (unpaired) electrons. The minimum atomic E-state index is 0.531. The largest absolute Gasteiger partial charge is 0.497 e. The zero-order valence-corrected chi connectivity index (χ0v) is 9.57. The van der Waals surface area contributed by atoms with Crippen molar-refractivity contribution < 1.29 is 9.15 Å². The summed E-state index contributed by atoms with van der Waals surface area (Å²) in [5.41, 5.74) is 1.86. The van der Waals surface area contributed by atoms with Crippen LogP contribution in [-0.2, 0) is 0 Å². The Bertz CT molecular complexity index is 474. The van der Waals surface area contributed by atoms with E-state index in [1.165, 1.54) is 0 Å². The van der Waals surface area contributed by atoms with Gasteiger partial charge in [-0.15, -0.1) is 0 Å². The second-order valence-corrected chi connectivity index (χ2v) is 3.41. The standard InChI is InChI=1S/C12H14N2O2/c1-8-11(16-12(13-2)14-8)9-4-6-10(15-3)7-5-9/h4-7H,1-3H3,(H,13,14). The summed E-state index contributed by atoms with van der Waals surface area (Å²) >= 11 is 0. The van der Waals surface area contributed by atoms with Crippen molar-refractivity contribution in [2.45, 2.75) is 6.92 Å². The first kappa shape index (κ1) is 10.5. The van der Waals surface area contributed by atoms with E-state index < -0.39 is 0 Å². The predicted octanol–water partition coefficient (Wildman–Crippen LogP) is 2.70. The van der Waals surface area contributed by atoms with Crippen LogP contribution in [0.1, 0.15) is 5.69 Å². The molecule has 0 aliphatic heterocycles. The Morgan fingerprint density at radius 1 is 1.25 bits per heavy atom. The number of nitrogens with one attached hydrogen (secondary N) is 1. The number of aryl methyl sites for hydroxylation is 1. The van der Waals surface area contributed by atoms with Crippen LogP contribution in [0.3, 0.4) is 0 Å². The molecule has 0 aliphatic rings. The molecular weight excluding hydrogens is 204 g/mol. The van der Waals surface area contributed by atoms with Gasteiger partial charge in [-0.05, 0) is 31.2 Å². The summed E-state index contributed by atoms with van der Waals surface area (Å²) in [6, 6.07) is 8.23. The first-order chi connectivity index (χ1) is 7.74. The molecule has 1 aromatic heterocycles. The number of hydrogen-bond donors (Lipinski definition) is 1. The van der Waals surface area contributed by atoms with Crippen LogP contribution < -0.4 is 10.1 Å². The number of anilines is 1. The fourth-order valence-corrected chi connectivity index (χ4v) is 1.51. The van der Waals surface area contributed by atoms with Crippen LogP contribution in [0.2, 0.25) is 0 Å². The molecule has 1 aromatic carbocycles. The van der Waals surface area contributed by atoms with Crippen molar-refractivity contribution in [1.82, 2.24) is 4.98 Å². The van der Waals surface area contributed by atoms with Gasteiger partial charge in [0.15, 0.2) is 5.76 Å². The first-order valence-electron chi connectivity index (χ1n) is 5.04. The molecule has 4 heteroatoms. The minimum Gasteiger partial charge on any atom is -0.497 e. The van der Waals surface area contributed by atoms with E-state index in [9.17, 15) is 0 Å². The molecular formula is C12H14N2O2. The molecule has 0 saturated heterocycles. The van der Waals surface area contributed by atoms with E-state index in [1.807, 2.05) is 31.2 Å². The van der Waals surface area contributed by atoms with E-state index in [2.05, 4.69) is 10.3 Å². The van der Waals surface area contributed by atoms with E-state index in [4.69, 9.17) is 9.15 Å². The average molecular weight is 218 g/mol. The summed E-state index contributed by atoms with van der Waals surface area (Å²) in [5, 5.41) is 2.88. The van der Waals surface area contributed by atoms with Crippen LogP contribution in [-0.4, -0.2) is 19.1 Å². The number of benzene rings is 1. The van der Waals surface area contributed by atoms with Gasteiger partial charge in [0.05, 0.1) is 12.8 Å². The molecule has 1 heterocycles. The smallest absolute Gasteiger partial charge is 0.295 e. The molecule has 1 N–H and O–H groups in total. The van der Waals surface area contributed by atoms with Crippen LogP contribution in [0.4, 0.5) is 6.01 Å². The van der Waals surface area contributed by atoms with E-state index in [1.54, 1.807) is 14.2 Å². The summed E-state index contributed by atoms with van der Waals surface area (Å²) in [6.07, 6.45) is 0. The lowest BCUT2D eigenvalue weighted by Crippen LogP contribution is -1.85. The van der Waals surface area contributed by atoms with Crippen molar-refractivity contribution in [2.75, 3.05) is 19.5 Å². The van der Waals surface area contributed by atoms with Crippen molar-refractivity contribution >= 4 is 6.01 Å². The second kappa shape index (κ2) is 4.26. The van der Waals surface area contributed by atoms with E-state index in [-0.39, 0.29) is 0 Å². The highest BCUT2D eigenvalue weighted by Gasteiger charge is 2.10. The molecule has 0 spiro atoms. The highest BCUT2D eigenvalue weighted by atomic mass is 16.5. The number of methoxy groups -OCH3 is 1. The van der Waals surface area contributed by atoms with Crippen molar-refractivity contribution in [3.63, 3.8) is 0 Å². The third-order valence-corrected chi connectivity index (χ3v) is 2.36. The van der Waals surface area contributed by atoms with Gasteiger partial charge in [-0.25, -0.2) is 0 Å². The molecule has 2 rings (SSSR count). The number of aromatic nitrogens is 1. The zero-order valence-electron chi connectivity index (χ0n) is 9.57. The lowest BCUT2D eigenvalue weighted by Gasteiger charge is -2.01. The van der Waals surface area contributed by atoms with Crippen molar-refractivity contribution in [1.29, 1.82) is 0 Å². The van der Waals surface area contributed by atoms with E-state index >= 15 is 0 Å². The van der Waals surface area contributed by atoms with E-state index in [0.717, 1.165) is 22.8 Å². The quantitative estimate of drug-likeness (QED) is 0.860. The Labute approximate surface area is 94.3 Å². The maximum absolute atomic E-state index is 5.56. The third kappa shape index (κ3) is 1.86. The number of ether oxygens (including phenoxy) is 1. The van der Waals surface area contributed by atoms with Crippen molar-refractivity contribution in [3.8, 4) is 17.1 Å². The molecule has 0 unspecified atom stereocenters. The number of nitrogens with zero attached hydrogens (tertiary/aromatic N) is 1. The number of hydrogen-bond acceptors (Lipinski definition) is 4. The molecule has 0 aliphatic carbocycles. The molecule has 16 heavy (non-hydrogen) atoms. The van der Waals surface area contributed by atoms with Gasteiger partial charge in [0.25, 0.3) is 6.01 Å². The number of oxazole rings is 1. The first-order valence-corrected chi connectivity index (χ1v) is 5.04. The second-order valence-electron chi connectivity index (χ2n) is 3.41. The van der Waals surface area contributed by atoms with Gasteiger partial charge in [0, 0.05) is 12.6 Å². The fourth-order valence-electron chi connectivity index (χ4n) is 1.51. The normalized spacial score (nSPS) is 10.2. The monoisotopic (exact) mass is 218 g/mol. The molecule has 0 saturated carbocycles. The summed E-state index contributed by atoms with van der Waals surface area (Å²) in [6.45, 7) is 1.92. The summed E-state index contributed by atoms with van der Waals surface area (Å²) in [4.78, 5) is 4.24. The lowest BCUT2D eigenvalue weighted by molar-refractivity contribution is 0.415. The Hall–Kier alpha value is -1.97. The predicted molar refractivity (Wildman–Crippen MR) is 62.8 cm³/mol. The topological polar surface area (TPSA) is 47.3 Å². The Morgan fingerprint density at radius 3 is 2.44 bits per heavy atom. The molecule has 2 aromatic rings. The molecule has 0 bridgehead atoms. The minimum absolute atomic E-state index is 0.531. The van der Waals surface area contributed by atoms with Gasteiger partial charge in [-0.2, -0.15) is 4.98 Å². The van der Waals surface area contributed by atoms with Gasteiger partial charge in [-0.3, -0.25) is 0 Å². The highest BCUT2D eigenvalue weighted by Crippen LogP contribution is 2.27. The van der Waals surface area contributed by atoms with Crippen LogP contribution in [0.15, 0.2) is 28.7 Å². The highest BCUT2D eigenvalue weighted by molar-refractivity contribution is 5.61. The van der Waals surface area contributed by atoms with Crippen molar-refractivity contribution in [2.24, 2.45) is 0 Å². The van der Waals surface area contributed by atoms with Crippen LogP contribution in [0.5, 0.6) is 5.75 Å². The van der Waals surface area contributed by atoms with E-state index in [0.29, 0.717) is 6.01 Å². The number of rotatable bonds is 3. The maximum Gasteiger partial charge on any atom is 0.295 e. The molecule has 4 nitrogen and oxygen atoms in total. The zero-order chi connectivity index (χ0) is 11.5. The average Bonchev–Trinajstić information content (AvgIpc) is 2.71. The summed E-state index contributed by atoms with van der Waals surface area (Å²) in [7, 11) is 3.43. The SMILES string of the molecule is CNc1nc(C)c(-c2ccc(OC)cc2)o1. The Kier molecular flexibility index (Phi) is 2.81. The van der Waals surface area contributed by atoms with Crippen LogP contribution >= 0.6 is 0 Å². The summed E-state index contributed by atoms with van der Waals surface area (Å²) < 4.78 is 10.7. The molecule has 0 fully saturated rings. The third-order valence-electron chi connectivity index (χ3n) is 2.36. The van der Waals surface area contributed by atoms with Gasteiger partial charge in [0.1, 0.15) is 5.75 Å². The Morgan fingerprint density at radius 2 is 1.94 bits per heavy atom. The van der Waals surface area contributed by atoms with Gasteiger partial charge in [-0.1, -0.05) is 0 Å².